The van der Waals surface area contributed by atoms with E-state index in [1.54, 1.807) is 11.3 Å². The number of carbonyl (C=O) groups is 1. The van der Waals surface area contributed by atoms with Gasteiger partial charge in [0.15, 0.2) is 10.9 Å². The maximum absolute atomic E-state index is 13.8. The number of hydrogen-bond acceptors (Lipinski definition) is 5. The first kappa shape index (κ1) is 18.4. The first-order valence-corrected chi connectivity index (χ1v) is 11.5. The summed E-state index contributed by atoms with van der Waals surface area (Å²) in [4.78, 5) is 17.8. The summed E-state index contributed by atoms with van der Waals surface area (Å²) in [5, 5.41) is 10.0. The number of H-pyrrole nitrogens is 1. The Balaban J connectivity index is 1.48. The van der Waals surface area contributed by atoms with Crippen LogP contribution in [0.2, 0.25) is 0 Å². The highest BCUT2D eigenvalue weighted by Crippen LogP contribution is 2.40. The van der Waals surface area contributed by atoms with Crippen LogP contribution in [0.3, 0.4) is 0 Å². The number of Topliss-reactive ketones (excluding diaryl/α,β-unsaturated/α-hetero) is 1. The second kappa shape index (κ2) is 7.37. The minimum absolute atomic E-state index is 0.0462. The van der Waals surface area contributed by atoms with E-state index in [1.165, 1.54) is 11.8 Å². The number of para-hydroxylation sites is 2. The molecule has 3 heterocycles. The summed E-state index contributed by atoms with van der Waals surface area (Å²) in [5.74, 6) is 0.0462. The van der Waals surface area contributed by atoms with E-state index in [0.29, 0.717) is 5.56 Å². The van der Waals surface area contributed by atoms with Crippen molar-refractivity contribution in [2.24, 2.45) is 0 Å². The first-order valence-electron chi connectivity index (χ1n) is 9.84. The highest BCUT2D eigenvalue weighted by molar-refractivity contribution is 8.00. The number of aromatic nitrogens is 4. The summed E-state index contributed by atoms with van der Waals surface area (Å²) in [5.41, 5.74) is 3.64. The number of benzene rings is 3. The zero-order valence-corrected chi connectivity index (χ0v) is 17.9. The number of ketones is 1. The average Bonchev–Trinajstić information content (AvgIpc) is 3.51. The lowest BCUT2D eigenvalue weighted by Gasteiger charge is -2.14. The largest absolute Gasteiger partial charge is 0.360 e. The maximum Gasteiger partial charge on any atom is 0.217 e. The first-order chi connectivity index (χ1) is 15.3. The van der Waals surface area contributed by atoms with Crippen molar-refractivity contribution in [2.45, 2.75) is 10.4 Å². The SMILES string of the molecule is O=C(c1c[nH]c2ccccc12)[C@H](Sc1nnc2sc3ccccc3n12)c1ccccc1. The van der Waals surface area contributed by atoms with Crippen molar-refractivity contribution in [3.8, 4) is 0 Å². The molecule has 0 spiro atoms. The lowest BCUT2D eigenvalue weighted by atomic mass is 10.0. The van der Waals surface area contributed by atoms with E-state index in [1.807, 2.05) is 77.3 Å². The normalized spacial score (nSPS) is 12.6. The van der Waals surface area contributed by atoms with E-state index in [9.17, 15) is 4.79 Å². The molecule has 0 unspecified atom stereocenters. The van der Waals surface area contributed by atoms with Crippen molar-refractivity contribution in [3.05, 3.63) is 96.2 Å². The Bertz CT molecular complexity index is 1550. The minimum Gasteiger partial charge on any atom is -0.360 e. The van der Waals surface area contributed by atoms with Crippen LogP contribution in [0, 0.1) is 0 Å². The third kappa shape index (κ3) is 3.05. The lowest BCUT2D eigenvalue weighted by Crippen LogP contribution is -2.10. The predicted molar refractivity (Wildman–Crippen MR) is 126 cm³/mol. The second-order valence-corrected chi connectivity index (χ2v) is 9.27. The molecule has 6 aromatic rings. The number of carbonyl (C=O) groups excluding carboxylic acids is 1. The van der Waals surface area contributed by atoms with E-state index in [4.69, 9.17) is 0 Å². The van der Waals surface area contributed by atoms with Crippen LogP contribution in [-0.4, -0.2) is 25.4 Å². The van der Waals surface area contributed by atoms with Crippen LogP contribution in [0.25, 0.3) is 26.1 Å². The molecule has 0 amide bonds. The lowest BCUT2D eigenvalue weighted by molar-refractivity contribution is 0.0991. The van der Waals surface area contributed by atoms with Gasteiger partial charge in [-0.15, -0.1) is 10.2 Å². The summed E-state index contributed by atoms with van der Waals surface area (Å²) in [6.45, 7) is 0. The standard InChI is InChI=1S/C24H16N4OS2/c29-21(17-14-25-18-11-5-4-10-16(17)18)22(15-8-2-1-3-9-15)31-24-27-26-23-28(24)19-12-6-7-13-20(19)30-23/h1-14,22,25H/t22-/m1/s1. The van der Waals surface area contributed by atoms with Crippen LogP contribution < -0.4 is 0 Å². The van der Waals surface area contributed by atoms with Crippen LogP contribution in [0.5, 0.6) is 0 Å². The van der Waals surface area contributed by atoms with Crippen LogP contribution >= 0.6 is 23.1 Å². The van der Waals surface area contributed by atoms with Crippen molar-refractivity contribution in [2.75, 3.05) is 0 Å². The molecule has 7 heteroatoms. The molecule has 3 aromatic heterocycles. The Labute approximate surface area is 185 Å². The number of thiazole rings is 1. The van der Waals surface area contributed by atoms with Gasteiger partial charge in [0.25, 0.3) is 0 Å². The van der Waals surface area contributed by atoms with Gasteiger partial charge in [-0.05, 0) is 23.8 Å². The molecular formula is C24H16N4OS2. The van der Waals surface area contributed by atoms with E-state index in [-0.39, 0.29) is 5.78 Å². The van der Waals surface area contributed by atoms with Crippen molar-refractivity contribution in [1.82, 2.24) is 19.6 Å². The molecule has 0 aliphatic carbocycles. The number of nitrogens with zero attached hydrogens (tertiary/aromatic N) is 3. The summed E-state index contributed by atoms with van der Waals surface area (Å²) in [6.07, 6.45) is 1.81. The van der Waals surface area contributed by atoms with Gasteiger partial charge >= 0.3 is 0 Å². The fourth-order valence-electron chi connectivity index (χ4n) is 3.85. The van der Waals surface area contributed by atoms with Gasteiger partial charge in [-0.2, -0.15) is 0 Å². The number of thioether (sulfide) groups is 1. The van der Waals surface area contributed by atoms with Crippen LogP contribution in [0.15, 0.2) is 90.2 Å². The Kier molecular flexibility index (Phi) is 4.36. The third-order valence-corrected chi connectivity index (χ3v) is 7.54. The molecule has 6 rings (SSSR count). The minimum atomic E-state index is -0.438. The molecule has 3 aromatic carbocycles. The maximum atomic E-state index is 13.8. The van der Waals surface area contributed by atoms with Crippen LogP contribution in [0.1, 0.15) is 21.2 Å². The third-order valence-electron chi connectivity index (χ3n) is 5.33. The molecule has 31 heavy (non-hydrogen) atoms. The molecule has 1 atom stereocenters. The summed E-state index contributed by atoms with van der Waals surface area (Å²) < 4.78 is 3.19. The number of fused-ring (bicyclic) bond motifs is 4. The van der Waals surface area contributed by atoms with Crippen molar-refractivity contribution >= 4 is 55.0 Å². The van der Waals surface area contributed by atoms with Gasteiger partial charge in [0.05, 0.1) is 10.2 Å². The number of rotatable bonds is 5. The van der Waals surface area contributed by atoms with Crippen LogP contribution in [-0.2, 0) is 0 Å². The average molecular weight is 441 g/mol. The van der Waals surface area contributed by atoms with Gasteiger partial charge in [-0.1, -0.05) is 83.8 Å². The topological polar surface area (TPSA) is 63.0 Å². The zero-order valence-electron chi connectivity index (χ0n) is 16.2. The fraction of sp³-hybridized carbons (Fsp3) is 0.0417. The van der Waals surface area contributed by atoms with Crippen molar-refractivity contribution < 1.29 is 4.79 Å². The zero-order chi connectivity index (χ0) is 20.8. The van der Waals surface area contributed by atoms with Gasteiger partial charge < -0.3 is 4.98 Å². The molecule has 0 aliphatic heterocycles. The van der Waals surface area contributed by atoms with Gasteiger partial charge in [0, 0.05) is 22.7 Å². The monoisotopic (exact) mass is 440 g/mol. The molecule has 0 saturated carbocycles. The van der Waals surface area contributed by atoms with Crippen LogP contribution in [0.4, 0.5) is 0 Å². The Morgan fingerprint density at radius 1 is 0.935 bits per heavy atom. The van der Waals surface area contributed by atoms with E-state index >= 15 is 0 Å². The Morgan fingerprint density at radius 3 is 2.61 bits per heavy atom. The number of hydrogen-bond donors (Lipinski definition) is 1. The molecule has 5 nitrogen and oxygen atoms in total. The molecular weight excluding hydrogens is 424 g/mol. The molecule has 0 fully saturated rings. The molecule has 0 aliphatic rings. The number of nitrogens with one attached hydrogen (secondary N) is 1. The number of aromatic amines is 1. The highest BCUT2D eigenvalue weighted by atomic mass is 32.2. The smallest absolute Gasteiger partial charge is 0.217 e. The van der Waals surface area contributed by atoms with E-state index in [2.05, 4.69) is 27.3 Å². The summed E-state index contributed by atoms with van der Waals surface area (Å²) in [6, 6.07) is 25.9. The summed E-state index contributed by atoms with van der Waals surface area (Å²) in [7, 11) is 0. The van der Waals surface area contributed by atoms with Gasteiger partial charge in [-0.25, -0.2) is 0 Å². The highest BCUT2D eigenvalue weighted by Gasteiger charge is 2.28. The Morgan fingerprint density at radius 2 is 1.71 bits per heavy atom. The van der Waals surface area contributed by atoms with Crippen molar-refractivity contribution in [3.63, 3.8) is 0 Å². The Hall–Kier alpha value is -3.42. The molecule has 0 radical (unpaired) electrons. The van der Waals surface area contributed by atoms with Gasteiger partial charge in [0.1, 0.15) is 5.25 Å². The fourth-order valence-corrected chi connectivity index (χ4v) is 5.99. The summed E-state index contributed by atoms with van der Waals surface area (Å²) >= 11 is 3.04. The van der Waals surface area contributed by atoms with Crippen molar-refractivity contribution in [1.29, 1.82) is 0 Å². The van der Waals surface area contributed by atoms with Gasteiger partial charge in [0.2, 0.25) is 4.96 Å². The predicted octanol–water partition coefficient (Wildman–Crippen LogP) is 6.14. The quantitative estimate of drug-likeness (QED) is 0.258. The molecule has 150 valence electrons. The molecule has 0 saturated heterocycles. The van der Waals surface area contributed by atoms with Gasteiger partial charge in [-0.3, -0.25) is 9.20 Å². The molecule has 1 N–H and O–H groups in total. The molecule has 0 bridgehead atoms. The van der Waals surface area contributed by atoms with E-state index in [0.717, 1.165) is 36.8 Å². The van der Waals surface area contributed by atoms with E-state index < -0.39 is 5.25 Å². The second-order valence-electron chi connectivity index (χ2n) is 7.19.